The van der Waals surface area contributed by atoms with Crippen molar-refractivity contribution in [3.8, 4) is 11.1 Å². The van der Waals surface area contributed by atoms with Gasteiger partial charge in [-0.1, -0.05) is 54.6 Å². The Morgan fingerprint density at radius 2 is 1.43 bits per heavy atom. The van der Waals surface area contributed by atoms with E-state index < -0.39 is 11.5 Å². The van der Waals surface area contributed by atoms with Gasteiger partial charge in [0.05, 0.1) is 5.39 Å². The largest absolute Gasteiger partial charge is 0.416 e. The molecule has 0 spiro atoms. The van der Waals surface area contributed by atoms with Crippen molar-refractivity contribution in [2.75, 3.05) is 5.32 Å². The standard InChI is InChI=1S/C24H19NO3/c1-15-12-16(2)14-18(13-15)25-23(26)22-21(17-8-4-3-5-9-17)19-10-6-7-11-20(19)24(27)28-22/h3-14H,1-2H3,(H,25,26). The average Bonchev–Trinajstić information content (AvgIpc) is 2.68. The van der Waals surface area contributed by atoms with Gasteiger partial charge in [-0.15, -0.1) is 0 Å². The van der Waals surface area contributed by atoms with Gasteiger partial charge in [-0.05, 0) is 48.7 Å². The summed E-state index contributed by atoms with van der Waals surface area (Å²) in [6.07, 6.45) is 0. The van der Waals surface area contributed by atoms with E-state index in [4.69, 9.17) is 4.42 Å². The van der Waals surface area contributed by atoms with Crippen LogP contribution in [0.15, 0.2) is 82.0 Å². The lowest BCUT2D eigenvalue weighted by Gasteiger charge is -2.12. The molecule has 1 heterocycles. The molecule has 4 heteroatoms. The summed E-state index contributed by atoms with van der Waals surface area (Å²) in [6, 6.07) is 22.4. The Kier molecular flexibility index (Phi) is 4.53. The van der Waals surface area contributed by atoms with Crippen LogP contribution in [-0.4, -0.2) is 5.91 Å². The number of fused-ring (bicyclic) bond motifs is 1. The molecule has 0 unspecified atom stereocenters. The number of hydrogen-bond donors (Lipinski definition) is 1. The number of aryl methyl sites for hydroxylation is 2. The predicted molar refractivity (Wildman–Crippen MR) is 112 cm³/mol. The van der Waals surface area contributed by atoms with E-state index in [1.165, 1.54) is 0 Å². The highest BCUT2D eigenvalue weighted by molar-refractivity contribution is 6.11. The van der Waals surface area contributed by atoms with E-state index in [0.717, 1.165) is 16.7 Å². The van der Waals surface area contributed by atoms with E-state index in [2.05, 4.69) is 5.32 Å². The minimum atomic E-state index is -0.527. The second kappa shape index (κ2) is 7.16. The van der Waals surface area contributed by atoms with Gasteiger partial charge in [0.25, 0.3) is 5.91 Å². The van der Waals surface area contributed by atoms with E-state index in [9.17, 15) is 9.59 Å². The van der Waals surface area contributed by atoms with Crippen LogP contribution in [-0.2, 0) is 0 Å². The van der Waals surface area contributed by atoms with E-state index >= 15 is 0 Å². The SMILES string of the molecule is Cc1cc(C)cc(NC(=O)c2oc(=O)c3ccccc3c2-c2ccccc2)c1. The van der Waals surface area contributed by atoms with Crippen LogP contribution in [0.5, 0.6) is 0 Å². The number of nitrogens with one attached hydrogen (secondary N) is 1. The van der Waals surface area contributed by atoms with Crippen molar-refractivity contribution in [1.29, 1.82) is 0 Å². The number of anilines is 1. The smallest absolute Gasteiger partial charge is 0.344 e. The van der Waals surface area contributed by atoms with Crippen LogP contribution >= 0.6 is 0 Å². The van der Waals surface area contributed by atoms with Crippen molar-refractivity contribution in [1.82, 2.24) is 0 Å². The fourth-order valence-electron chi connectivity index (χ4n) is 3.49. The molecule has 1 aromatic heterocycles. The normalized spacial score (nSPS) is 10.8. The maximum atomic E-state index is 13.1. The van der Waals surface area contributed by atoms with Crippen LogP contribution in [0, 0.1) is 13.8 Å². The number of carbonyl (C=O) groups is 1. The van der Waals surface area contributed by atoms with Crippen LogP contribution in [0.2, 0.25) is 0 Å². The molecule has 0 aliphatic heterocycles. The Hall–Kier alpha value is -3.66. The quantitative estimate of drug-likeness (QED) is 0.531. The molecule has 0 atom stereocenters. The van der Waals surface area contributed by atoms with Crippen molar-refractivity contribution in [3.05, 3.63) is 100 Å². The molecule has 0 saturated carbocycles. The molecule has 0 aliphatic rings. The second-order valence-corrected chi connectivity index (χ2v) is 6.84. The lowest BCUT2D eigenvalue weighted by molar-refractivity contribution is 0.0994. The minimum Gasteiger partial charge on any atom is -0.416 e. The summed E-state index contributed by atoms with van der Waals surface area (Å²) >= 11 is 0. The maximum Gasteiger partial charge on any atom is 0.344 e. The van der Waals surface area contributed by atoms with Crippen molar-refractivity contribution in [2.45, 2.75) is 13.8 Å². The average molecular weight is 369 g/mol. The Morgan fingerprint density at radius 3 is 2.11 bits per heavy atom. The summed E-state index contributed by atoms with van der Waals surface area (Å²) in [5.74, 6) is -0.444. The fraction of sp³-hybridized carbons (Fsp3) is 0.0833. The molecule has 0 saturated heterocycles. The maximum absolute atomic E-state index is 13.1. The zero-order chi connectivity index (χ0) is 19.7. The van der Waals surface area contributed by atoms with Gasteiger partial charge in [-0.3, -0.25) is 4.79 Å². The van der Waals surface area contributed by atoms with Gasteiger partial charge < -0.3 is 9.73 Å². The molecule has 0 aliphatic carbocycles. The van der Waals surface area contributed by atoms with Gasteiger partial charge in [0.2, 0.25) is 5.76 Å². The summed E-state index contributed by atoms with van der Waals surface area (Å²) in [5, 5.41) is 4.01. The third-order valence-corrected chi connectivity index (χ3v) is 4.59. The Bertz CT molecular complexity index is 1220. The highest BCUT2D eigenvalue weighted by Gasteiger charge is 2.21. The van der Waals surface area contributed by atoms with Crippen molar-refractivity contribution >= 4 is 22.4 Å². The van der Waals surface area contributed by atoms with Gasteiger partial charge in [0, 0.05) is 16.6 Å². The lowest BCUT2D eigenvalue weighted by Crippen LogP contribution is -2.17. The number of hydrogen-bond acceptors (Lipinski definition) is 3. The van der Waals surface area contributed by atoms with Gasteiger partial charge in [-0.2, -0.15) is 0 Å². The topological polar surface area (TPSA) is 59.3 Å². The molecule has 4 rings (SSSR count). The van der Waals surface area contributed by atoms with Crippen LogP contribution in [0.4, 0.5) is 5.69 Å². The van der Waals surface area contributed by atoms with Crippen LogP contribution < -0.4 is 10.9 Å². The Morgan fingerprint density at radius 1 is 0.821 bits per heavy atom. The number of rotatable bonds is 3. The Labute approximate surface area is 162 Å². The van der Waals surface area contributed by atoms with E-state index in [0.29, 0.717) is 22.0 Å². The zero-order valence-corrected chi connectivity index (χ0v) is 15.7. The molecule has 1 N–H and O–H groups in total. The van der Waals surface area contributed by atoms with Crippen LogP contribution in [0.25, 0.3) is 21.9 Å². The van der Waals surface area contributed by atoms with Crippen molar-refractivity contribution < 1.29 is 9.21 Å². The second-order valence-electron chi connectivity index (χ2n) is 6.84. The van der Waals surface area contributed by atoms with E-state index in [1.54, 1.807) is 12.1 Å². The van der Waals surface area contributed by atoms with Gasteiger partial charge in [0.15, 0.2) is 0 Å². The molecule has 4 nitrogen and oxygen atoms in total. The summed E-state index contributed by atoms with van der Waals surface area (Å²) in [5.41, 5.74) is 3.64. The highest BCUT2D eigenvalue weighted by Crippen LogP contribution is 2.31. The minimum absolute atomic E-state index is 0.00839. The van der Waals surface area contributed by atoms with E-state index in [-0.39, 0.29) is 5.76 Å². The third kappa shape index (κ3) is 3.32. The molecular weight excluding hydrogens is 350 g/mol. The molecule has 0 bridgehead atoms. The molecule has 0 fully saturated rings. The first-order chi connectivity index (χ1) is 13.5. The van der Waals surface area contributed by atoms with Gasteiger partial charge in [0.1, 0.15) is 0 Å². The molecule has 138 valence electrons. The summed E-state index contributed by atoms with van der Waals surface area (Å²) < 4.78 is 5.50. The summed E-state index contributed by atoms with van der Waals surface area (Å²) in [7, 11) is 0. The first-order valence-electron chi connectivity index (χ1n) is 9.04. The zero-order valence-electron chi connectivity index (χ0n) is 15.7. The molecule has 28 heavy (non-hydrogen) atoms. The molecule has 3 aromatic carbocycles. The Balaban J connectivity index is 1.91. The summed E-state index contributed by atoms with van der Waals surface area (Å²) in [4.78, 5) is 25.6. The van der Waals surface area contributed by atoms with Crippen LogP contribution in [0.3, 0.4) is 0 Å². The fourth-order valence-corrected chi connectivity index (χ4v) is 3.49. The first-order valence-corrected chi connectivity index (χ1v) is 9.04. The monoisotopic (exact) mass is 369 g/mol. The number of benzene rings is 3. The number of amides is 1. The summed E-state index contributed by atoms with van der Waals surface area (Å²) in [6.45, 7) is 3.93. The third-order valence-electron chi connectivity index (χ3n) is 4.59. The molecular formula is C24H19NO3. The predicted octanol–water partition coefficient (Wildman–Crippen LogP) is 5.33. The van der Waals surface area contributed by atoms with Gasteiger partial charge in [-0.25, -0.2) is 4.79 Å². The molecule has 4 aromatic rings. The van der Waals surface area contributed by atoms with Gasteiger partial charge >= 0.3 is 5.63 Å². The van der Waals surface area contributed by atoms with Crippen molar-refractivity contribution in [3.63, 3.8) is 0 Å². The molecule has 0 radical (unpaired) electrons. The highest BCUT2D eigenvalue weighted by atomic mass is 16.4. The lowest BCUT2D eigenvalue weighted by atomic mass is 9.98. The number of carbonyl (C=O) groups excluding carboxylic acids is 1. The first kappa shape index (κ1) is 17.7. The molecule has 1 amide bonds. The van der Waals surface area contributed by atoms with Crippen LogP contribution in [0.1, 0.15) is 21.7 Å². The van der Waals surface area contributed by atoms with Crippen molar-refractivity contribution in [2.24, 2.45) is 0 Å². The van der Waals surface area contributed by atoms with E-state index in [1.807, 2.05) is 74.5 Å².